The second-order valence-corrected chi connectivity index (χ2v) is 3.48. The highest BCUT2D eigenvalue weighted by atomic mass is 16.5. The number of aromatic nitrogens is 3. The van der Waals surface area contributed by atoms with Crippen LogP contribution in [-0.2, 0) is 11.3 Å². The molecule has 0 saturated carbocycles. The summed E-state index contributed by atoms with van der Waals surface area (Å²) >= 11 is 0. The SMILES string of the molecule is Cc1cnnc(C(=O)OCc2ccccc2)n1. The third-order valence-electron chi connectivity index (χ3n) is 2.07. The topological polar surface area (TPSA) is 65.0 Å². The summed E-state index contributed by atoms with van der Waals surface area (Å²) in [5.74, 6) is -0.578. The molecule has 5 heteroatoms. The van der Waals surface area contributed by atoms with Gasteiger partial charge in [0.25, 0.3) is 5.82 Å². The largest absolute Gasteiger partial charge is 0.455 e. The molecule has 0 spiro atoms. The number of carbonyl (C=O) groups excluding carboxylic acids is 1. The zero-order valence-corrected chi connectivity index (χ0v) is 9.33. The van der Waals surface area contributed by atoms with Crippen LogP contribution < -0.4 is 0 Å². The molecular formula is C12H11N3O2. The van der Waals surface area contributed by atoms with Crippen molar-refractivity contribution in [3.8, 4) is 0 Å². The van der Waals surface area contributed by atoms with Crippen LogP contribution in [0.5, 0.6) is 0 Å². The lowest BCUT2D eigenvalue weighted by molar-refractivity contribution is 0.0456. The lowest BCUT2D eigenvalue weighted by Crippen LogP contribution is -2.11. The number of esters is 1. The maximum atomic E-state index is 11.6. The number of carbonyl (C=O) groups is 1. The van der Waals surface area contributed by atoms with E-state index in [0.717, 1.165) is 5.56 Å². The van der Waals surface area contributed by atoms with Crippen LogP contribution >= 0.6 is 0 Å². The standard InChI is InChI=1S/C12H11N3O2/c1-9-7-13-15-11(14-9)12(16)17-8-10-5-3-2-4-6-10/h2-7H,8H2,1H3. The van der Waals surface area contributed by atoms with E-state index in [0.29, 0.717) is 5.69 Å². The molecule has 5 nitrogen and oxygen atoms in total. The Labute approximate surface area is 98.5 Å². The summed E-state index contributed by atoms with van der Waals surface area (Å²) in [7, 11) is 0. The van der Waals surface area contributed by atoms with E-state index in [1.54, 1.807) is 6.92 Å². The Hall–Kier alpha value is -2.30. The molecule has 1 aromatic heterocycles. The lowest BCUT2D eigenvalue weighted by Gasteiger charge is -2.03. The molecule has 0 saturated heterocycles. The number of hydrogen-bond acceptors (Lipinski definition) is 5. The average molecular weight is 229 g/mol. The maximum absolute atomic E-state index is 11.6. The molecule has 1 heterocycles. The number of nitrogens with zero attached hydrogens (tertiary/aromatic N) is 3. The van der Waals surface area contributed by atoms with Crippen molar-refractivity contribution in [3.63, 3.8) is 0 Å². The second-order valence-electron chi connectivity index (χ2n) is 3.48. The highest BCUT2D eigenvalue weighted by Gasteiger charge is 2.11. The molecule has 2 aromatic rings. The van der Waals surface area contributed by atoms with Gasteiger partial charge in [-0.3, -0.25) is 0 Å². The van der Waals surface area contributed by atoms with Crippen LogP contribution in [0.15, 0.2) is 36.5 Å². The second kappa shape index (κ2) is 5.16. The van der Waals surface area contributed by atoms with Gasteiger partial charge in [-0.25, -0.2) is 9.78 Å². The van der Waals surface area contributed by atoms with Crippen molar-refractivity contribution < 1.29 is 9.53 Å². The first-order chi connectivity index (χ1) is 8.25. The number of benzene rings is 1. The van der Waals surface area contributed by atoms with E-state index in [4.69, 9.17) is 4.74 Å². The Morgan fingerprint density at radius 3 is 2.76 bits per heavy atom. The molecular weight excluding hydrogens is 218 g/mol. The Bertz CT molecular complexity index is 514. The molecule has 0 bridgehead atoms. The lowest BCUT2D eigenvalue weighted by atomic mass is 10.2. The van der Waals surface area contributed by atoms with Crippen LogP contribution in [0.3, 0.4) is 0 Å². The van der Waals surface area contributed by atoms with Crippen molar-refractivity contribution in [2.75, 3.05) is 0 Å². The highest BCUT2D eigenvalue weighted by molar-refractivity contribution is 5.84. The highest BCUT2D eigenvalue weighted by Crippen LogP contribution is 2.02. The minimum Gasteiger partial charge on any atom is -0.455 e. The molecule has 17 heavy (non-hydrogen) atoms. The fourth-order valence-corrected chi connectivity index (χ4v) is 1.26. The van der Waals surface area contributed by atoms with E-state index in [-0.39, 0.29) is 12.4 Å². The summed E-state index contributed by atoms with van der Waals surface area (Å²) in [5.41, 5.74) is 1.55. The number of hydrogen-bond donors (Lipinski definition) is 0. The van der Waals surface area contributed by atoms with Crippen molar-refractivity contribution in [3.05, 3.63) is 53.6 Å². The van der Waals surface area contributed by atoms with Gasteiger partial charge in [-0.2, -0.15) is 5.10 Å². The Morgan fingerprint density at radius 2 is 2.06 bits per heavy atom. The van der Waals surface area contributed by atoms with Crippen molar-refractivity contribution >= 4 is 5.97 Å². The van der Waals surface area contributed by atoms with Crippen LogP contribution in [0.4, 0.5) is 0 Å². The quantitative estimate of drug-likeness (QED) is 0.747. The predicted molar refractivity (Wildman–Crippen MR) is 60.1 cm³/mol. The van der Waals surface area contributed by atoms with Crippen LogP contribution in [0.1, 0.15) is 21.9 Å². The predicted octanol–water partition coefficient (Wildman–Crippen LogP) is 1.54. The van der Waals surface area contributed by atoms with E-state index in [1.807, 2.05) is 30.3 Å². The van der Waals surface area contributed by atoms with Gasteiger partial charge in [-0.15, -0.1) is 5.10 Å². The monoisotopic (exact) mass is 229 g/mol. The van der Waals surface area contributed by atoms with Gasteiger partial charge >= 0.3 is 5.97 Å². The van der Waals surface area contributed by atoms with Gasteiger partial charge in [0.05, 0.1) is 11.9 Å². The molecule has 2 rings (SSSR count). The van der Waals surface area contributed by atoms with E-state index in [2.05, 4.69) is 15.2 Å². The van der Waals surface area contributed by atoms with Gasteiger partial charge in [0.1, 0.15) is 6.61 Å². The first kappa shape index (κ1) is 11.2. The van der Waals surface area contributed by atoms with Crippen molar-refractivity contribution in [2.24, 2.45) is 0 Å². The normalized spacial score (nSPS) is 9.94. The minimum atomic E-state index is -0.565. The van der Waals surface area contributed by atoms with Crippen LogP contribution in [-0.4, -0.2) is 21.2 Å². The van der Waals surface area contributed by atoms with Crippen molar-refractivity contribution in [2.45, 2.75) is 13.5 Å². The third kappa shape index (κ3) is 3.07. The molecule has 0 aliphatic carbocycles. The van der Waals surface area contributed by atoms with E-state index in [1.165, 1.54) is 6.20 Å². The summed E-state index contributed by atoms with van der Waals surface area (Å²) in [5, 5.41) is 7.26. The first-order valence-electron chi connectivity index (χ1n) is 5.13. The summed E-state index contributed by atoms with van der Waals surface area (Å²) in [6.45, 7) is 1.94. The van der Waals surface area contributed by atoms with Gasteiger partial charge in [-0.05, 0) is 12.5 Å². The summed E-state index contributed by atoms with van der Waals surface area (Å²) in [6.07, 6.45) is 1.48. The van der Waals surface area contributed by atoms with E-state index < -0.39 is 5.97 Å². The Balaban J connectivity index is 1.98. The molecule has 86 valence electrons. The molecule has 0 unspecified atom stereocenters. The molecule has 0 aliphatic heterocycles. The maximum Gasteiger partial charge on any atom is 0.378 e. The zero-order chi connectivity index (χ0) is 12.1. The van der Waals surface area contributed by atoms with E-state index in [9.17, 15) is 4.79 Å². The van der Waals surface area contributed by atoms with Gasteiger partial charge in [0, 0.05) is 0 Å². The van der Waals surface area contributed by atoms with Crippen molar-refractivity contribution in [1.82, 2.24) is 15.2 Å². The van der Waals surface area contributed by atoms with Crippen LogP contribution in [0.2, 0.25) is 0 Å². The minimum absolute atomic E-state index is 0.0130. The molecule has 0 radical (unpaired) electrons. The summed E-state index contributed by atoms with van der Waals surface area (Å²) < 4.78 is 5.07. The summed E-state index contributed by atoms with van der Waals surface area (Å²) in [4.78, 5) is 15.5. The molecule has 0 amide bonds. The van der Waals surface area contributed by atoms with Crippen molar-refractivity contribution in [1.29, 1.82) is 0 Å². The van der Waals surface area contributed by atoms with Gasteiger partial charge in [-0.1, -0.05) is 30.3 Å². The molecule has 0 atom stereocenters. The Morgan fingerprint density at radius 1 is 1.29 bits per heavy atom. The number of rotatable bonds is 3. The molecule has 0 N–H and O–H groups in total. The number of aryl methyl sites for hydroxylation is 1. The van der Waals surface area contributed by atoms with Crippen LogP contribution in [0, 0.1) is 6.92 Å². The summed E-state index contributed by atoms with van der Waals surface area (Å²) in [6, 6.07) is 9.42. The smallest absolute Gasteiger partial charge is 0.378 e. The van der Waals surface area contributed by atoms with Crippen LogP contribution in [0.25, 0.3) is 0 Å². The van der Waals surface area contributed by atoms with Gasteiger partial charge in [0.15, 0.2) is 0 Å². The molecule has 0 fully saturated rings. The average Bonchev–Trinajstić information content (AvgIpc) is 2.37. The van der Waals surface area contributed by atoms with Gasteiger partial charge in [0.2, 0.25) is 0 Å². The van der Waals surface area contributed by atoms with Gasteiger partial charge < -0.3 is 4.74 Å². The third-order valence-corrected chi connectivity index (χ3v) is 2.07. The fourth-order valence-electron chi connectivity index (χ4n) is 1.26. The Kier molecular flexibility index (Phi) is 3.40. The zero-order valence-electron chi connectivity index (χ0n) is 9.33. The number of ether oxygens (including phenoxy) is 1. The molecule has 0 aliphatic rings. The first-order valence-corrected chi connectivity index (χ1v) is 5.13. The fraction of sp³-hybridized carbons (Fsp3) is 0.167. The molecule has 1 aromatic carbocycles. The van der Waals surface area contributed by atoms with E-state index >= 15 is 0 Å².